The predicted octanol–water partition coefficient (Wildman–Crippen LogP) is 2.63. The summed E-state index contributed by atoms with van der Waals surface area (Å²) in [6.45, 7) is 0. The number of para-hydroxylation sites is 1. The Bertz CT molecular complexity index is 563. The van der Waals surface area contributed by atoms with E-state index in [0.29, 0.717) is 16.1 Å². The van der Waals surface area contributed by atoms with Crippen LogP contribution in [0.1, 0.15) is 15.2 Å². The Morgan fingerprint density at radius 2 is 1.94 bits per heavy atom. The van der Waals surface area contributed by atoms with Crippen molar-refractivity contribution in [3.63, 3.8) is 0 Å². The third-order valence-corrected chi connectivity index (χ3v) is 3.22. The Morgan fingerprint density at radius 1 is 1.17 bits per heavy atom. The maximum atomic E-state index is 11.9. The predicted molar refractivity (Wildman–Crippen MR) is 70.1 cm³/mol. The molecule has 0 bridgehead atoms. The minimum atomic E-state index is -0.923. The second-order valence-corrected chi connectivity index (χ2v) is 4.61. The monoisotopic (exact) mass is 261 g/mol. The first-order chi connectivity index (χ1) is 8.66. The van der Waals surface area contributed by atoms with Gasteiger partial charge in [0.2, 0.25) is 0 Å². The Morgan fingerprint density at radius 3 is 2.61 bits per heavy atom. The van der Waals surface area contributed by atoms with E-state index in [2.05, 4.69) is 5.32 Å². The zero-order valence-corrected chi connectivity index (χ0v) is 10.2. The molecule has 92 valence electrons. The molecule has 2 rings (SSSR count). The van der Waals surface area contributed by atoms with Crippen molar-refractivity contribution < 1.29 is 14.7 Å². The van der Waals surface area contributed by atoms with E-state index in [-0.39, 0.29) is 12.3 Å². The lowest BCUT2D eigenvalue weighted by molar-refractivity contribution is -0.136. The Hall–Kier alpha value is -2.14. The third-order valence-electron chi connectivity index (χ3n) is 2.35. The van der Waals surface area contributed by atoms with Crippen molar-refractivity contribution in [1.29, 1.82) is 0 Å². The molecule has 1 heterocycles. The van der Waals surface area contributed by atoms with Crippen molar-refractivity contribution in [1.82, 2.24) is 0 Å². The van der Waals surface area contributed by atoms with Crippen molar-refractivity contribution >= 4 is 28.9 Å². The van der Waals surface area contributed by atoms with Gasteiger partial charge >= 0.3 is 5.97 Å². The summed E-state index contributed by atoms with van der Waals surface area (Å²) in [7, 11) is 0. The Balaban J connectivity index is 2.18. The molecule has 4 nitrogen and oxygen atoms in total. The highest BCUT2D eigenvalue weighted by molar-refractivity contribution is 7.12. The van der Waals surface area contributed by atoms with E-state index >= 15 is 0 Å². The molecule has 1 amide bonds. The van der Waals surface area contributed by atoms with Crippen LogP contribution < -0.4 is 5.32 Å². The van der Waals surface area contributed by atoms with Gasteiger partial charge in [-0.25, -0.2) is 0 Å². The van der Waals surface area contributed by atoms with E-state index in [4.69, 9.17) is 5.11 Å². The normalized spacial score (nSPS) is 10.0. The molecule has 5 heteroatoms. The quantitative estimate of drug-likeness (QED) is 0.889. The lowest BCUT2D eigenvalue weighted by Gasteiger charge is -2.08. The van der Waals surface area contributed by atoms with Crippen LogP contribution in [-0.2, 0) is 11.2 Å². The van der Waals surface area contributed by atoms with Crippen LogP contribution in [0, 0.1) is 0 Å². The molecule has 2 aromatic rings. The molecule has 0 unspecified atom stereocenters. The molecule has 1 aromatic carbocycles. The summed E-state index contributed by atoms with van der Waals surface area (Å²) in [6, 6.07) is 10.4. The zero-order valence-electron chi connectivity index (χ0n) is 9.42. The number of hydrogen-bond acceptors (Lipinski definition) is 3. The highest BCUT2D eigenvalue weighted by Gasteiger charge is 2.11. The molecule has 0 saturated carbocycles. The molecule has 0 saturated heterocycles. The van der Waals surface area contributed by atoms with Gasteiger partial charge in [-0.1, -0.05) is 24.3 Å². The number of thiophene rings is 1. The number of aliphatic carboxylic acids is 1. The van der Waals surface area contributed by atoms with E-state index in [1.54, 1.807) is 36.4 Å². The van der Waals surface area contributed by atoms with E-state index in [1.807, 2.05) is 5.38 Å². The number of amides is 1. The summed E-state index contributed by atoms with van der Waals surface area (Å²) in [5.74, 6) is -1.14. The summed E-state index contributed by atoms with van der Waals surface area (Å²) < 4.78 is 0. The van der Waals surface area contributed by atoms with Gasteiger partial charge in [0.25, 0.3) is 5.91 Å². The molecule has 2 N–H and O–H groups in total. The number of carbonyl (C=O) groups is 2. The fourth-order valence-electron chi connectivity index (χ4n) is 1.55. The molecule has 18 heavy (non-hydrogen) atoms. The van der Waals surface area contributed by atoms with Crippen LogP contribution in [0.4, 0.5) is 5.69 Å². The van der Waals surface area contributed by atoms with Gasteiger partial charge in [0.15, 0.2) is 0 Å². The number of carboxylic acid groups (broad SMARTS) is 1. The van der Waals surface area contributed by atoms with Gasteiger partial charge in [-0.2, -0.15) is 0 Å². The van der Waals surface area contributed by atoms with E-state index in [0.717, 1.165) is 0 Å². The van der Waals surface area contributed by atoms with Gasteiger partial charge < -0.3 is 10.4 Å². The number of hydrogen-bond donors (Lipinski definition) is 2. The van der Waals surface area contributed by atoms with Gasteiger partial charge in [-0.15, -0.1) is 11.3 Å². The van der Waals surface area contributed by atoms with Crippen LogP contribution in [0.15, 0.2) is 41.8 Å². The smallest absolute Gasteiger partial charge is 0.307 e. The summed E-state index contributed by atoms with van der Waals surface area (Å²) in [5, 5.41) is 13.3. The molecule has 0 spiro atoms. The minimum Gasteiger partial charge on any atom is -0.481 e. The first-order valence-corrected chi connectivity index (χ1v) is 6.19. The molecular formula is C13H11NO3S. The maximum absolute atomic E-state index is 11.9. The number of carboxylic acids is 1. The lowest BCUT2D eigenvalue weighted by Crippen LogP contribution is -2.13. The second-order valence-electron chi connectivity index (χ2n) is 3.66. The first kappa shape index (κ1) is 12.3. The zero-order chi connectivity index (χ0) is 13.0. The van der Waals surface area contributed by atoms with Gasteiger partial charge in [-0.05, 0) is 23.1 Å². The molecule has 0 aliphatic rings. The summed E-state index contributed by atoms with van der Waals surface area (Å²) in [4.78, 5) is 23.2. The number of carbonyl (C=O) groups excluding carboxylic acids is 1. The first-order valence-electron chi connectivity index (χ1n) is 5.31. The summed E-state index contributed by atoms with van der Waals surface area (Å²) >= 11 is 1.34. The summed E-state index contributed by atoms with van der Waals surface area (Å²) in [6.07, 6.45) is -0.110. The van der Waals surface area contributed by atoms with Gasteiger partial charge in [0, 0.05) is 5.69 Å². The van der Waals surface area contributed by atoms with Crippen LogP contribution in [0.5, 0.6) is 0 Å². The Kier molecular flexibility index (Phi) is 3.74. The fourth-order valence-corrected chi connectivity index (χ4v) is 2.17. The molecule has 0 aliphatic carbocycles. The number of anilines is 1. The molecule has 0 fully saturated rings. The van der Waals surface area contributed by atoms with E-state index in [9.17, 15) is 9.59 Å². The van der Waals surface area contributed by atoms with Gasteiger partial charge in [0.05, 0.1) is 11.3 Å². The average molecular weight is 261 g/mol. The van der Waals surface area contributed by atoms with Gasteiger partial charge in [-0.3, -0.25) is 9.59 Å². The van der Waals surface area contributed by atoms with E-state index in [1.165, 1.54) is 11.3 Å². The molecular weight excluding hydrogens is 250 g/mol. The van der Waals surface area contributed by atoms with Crippen molar-refractivity contribution in [2.24, 2.45) is 0 Å². The number of nitrogens with one attached hydrogen (secondary N) is 1. The van der Waals surface area contributed by atoms with E-state index < -0.39 is 5.97 Å². The minimum absolute atomic E-state index is 0.110. The van der Waals surface area contributed by atoms with Crippen molar-refractivity contribution in [2.75, 3.05) is 5.32 Å². The second kappa shape index (κ2) is 5.46. The average Bonchev–Trinajstić information content (AvgIpc) is 2.84. The van der Waals surface area contributed by atoms with Crippen LogP contribution in [0.25, 0.3) is 0 Å². The molecule has 1 aromatic heterocycles. The lowest BCUT2D eigenvalue weighted by atomic mass is 10.1. The van der Waals surface area contributed by atoms with Gasteiger partial charge in [0.1, 0.15) is 0 Å². The van der Waals surface area contributed by atoms with Crippen LogP contribution >= 0.6 is 11.3 Å². The highest BCUT2D eigenvalue weighted by Crippen LogP contribution is 2.18. The number of rotatable bonds is 4. The number of benzene rings is 1. The molecule has 0 radical (unpaired) electrons. The molecule has 0 atom stereocenters. The van der Waals surface area contributed by atoms with Crippen molar-refractivity contribution in [2.45, 2.75) is 6.42 Å². The Labute approximate surface area is 108 Å². The fraction of sp³-hybridized carbons (Fsp3) is 0.0769. The summed E-state index contributed by atoms with van der Waals surface area (Å²) in [5.41, 5.74) is 1.13. The van der Waals surface area contributed by atoms with Crippen molar-refractivity contribution in [3.8, 4) is 0 Å². The highest BCUT2D eigenvalue weighted by atomic mass is 32.1. The van der Waals surface area contributed by atoms with Crippen LogP contribution in [0.2, 0.25) is 0 Å². The van der Waals surface area contributed by atoms with Crippen LogP contribution in [-0.4, -0.2) is 17.0 Å². The SMILES string of the molecule is O=C(O)Cc1ccccc1NC(=O)c1cccs1. The standard InChI is InChI=1S/C13H11NO3S/c15-12(16)8-9-4-1-2-5-10(9)14-13(17)11-6-3-7-18-11/h1-7H,8H2,(H,14,17)(H,15,16). The topological polar surface area (TPSA) is 66.4 Å². The molecule has 0 aliphatic heterocycles. The largest absolute Gasteiger partial charge is 0.481 e. The maximum Gasteiger partial charge on any atom is 0.307 e. The third kappa shape index (κ3) is 2.95. The van der Waals surface area contributed by atoms with Crippen LogP contribution in [0.3, 0.4) is 0 Å². The van der Waals surface area contributed by atoms with Crippen molar-refractivity contribution in [3.05, 3.63) is 52.2 Å².